The van der Waals surface area contributed by atoms with Crippen molar-refractivity contribution >= 4 is 23.5 Å². The normalized spacial score (nSPS) is 11.3. The molecule has 0 fully saturated rings. The van der Waals surface area contributed by atoms with Gasteiger partial charge in [0.25, 0.3) is 0 Å². The number of hydrogen-bond donors (Lipinski definition) is 0. The van der Waals surface area contributed by atoms with Crippen molar-refractivity contribution in [2.45, 2.75) is 12.1 Å². The number of carbonyl (C=O) groups is 2. The second kappa shape index (κ2) is 6.13. The van der Waals surface area contributed by atoms with Gasteiger partial charge in [-0.3, -0.25) is 9.59 Å². The average molecular weight is 311 g/mol. The minimum atomic E-state index is -4.70. The number of methoxy groups -OCH3 is 2. The molecule has 0 aliphatic heterocycles. The Balaban J connectivity index is 3.42. The highest BCUT2D eigenvalue weighted by atomic mass is 35.5. The van der Waals surface area contributed by atoms with Crippen molar-refractivity contribution in [1.29, 1.82) is 0 Å². The topological polar surface area (TPSA) is 52.6 Å². The third kappa shape index (κ3) is 3.22. The standard InChI is InChI=1S/C12H10ClF3O4/c1-19-10(17)8(11(18)20-2)6-4-3-5-7(9(6)13)12(14,15)16/h3-5,8H,1-2H3. The third-order valence-corrected chi connectivity index (χ3v) is 2.94. The van der Waals surface area contributed by atoms with E-state index in [1.54, 1.807) is 0 Å². The summed E-state index contributed by atoms with van der Waals surface area (Å²) < 4.78 is 47.0. The molecule has 0 aliphatic rings. The molecule has 0 heterocycles. The van der Waals surface area contributed by atoms with Crippen LogP contribution >= 0.6 is 11.6 Å². The SMILES string of the molecule is COC(=O)C(C(=O)OC)c1cccc(C(F)(F)F)c1Cl. The molecule has 0 spiro atoms. The number of alkyl halides is 3. The van der Waals surface area contributed by atoms with Gasteiger partial charge in [0.2, 0.25) is 0 Å². The Bertz CT molecular complexity index is 512. The summed E-state index contributed by atoms with van der Waals surface area (Å²) in [5, 5.41) is -0.735. The van der Waals surface area contributed by atoms with Crippen LogP contribution in [0.1, 0.15) is 17.0 Å². The zero-order chi connectivity index (χ0) is 15.5. The van der Waals surface area contributed by atoms with E-state index in [-0.39, 0.29) is 5.56 Å². The summed E-state index contributed by atoms with van der Waals surface area (Å²) in [7, 11) is 2.00. The Labute approximate surface area is 117 Å². The van der Waals surface area contributed by atoms with Crippen LogP contribution in [0.5, 0.6) is 0 Å². The number of benzene rings is 1. The van der Waals surface area contributed by atoms with E-state index >= 15 is 0 Å². The van der Waals surface area contributed by atoms with Gasteiger partial charge < -0.3 is 9.47 Å². The van der Waals surface area contributed by atoms with Crippen LogP contribution in [0.3, 0.4) is 0 Å². The summed E-state index contributed by atoms with van der Waals surface area (Å²) >= 11 is 5.65. The van der Waals surface area contributed by atoms with Crippen molar-refractivity contribution in [2.24, 2.45) is 0 Å². The monoisotopic (exact) mass is 310 g/mol. The molecule has 1 rings (SSSR count). The highest BCUT2D eigenvalue weighted by Crippen LogP contribution is 2.38. The molecule has 0 aromatic heterocycles. The van der Waals surface area contributed by atoms with E-state index < -0.39 is 34.6 Å². The Morgan fingerprint density at radius 3 is 2.05 bits per heavy atom. The van der Waals surface area contributed by atoms with Crippen LogP contribution in [0.15, 0.2) is 18.2 Å². The summed E-state index contributed by atoms with van der Waals surface area (Å²) in [6.45, 7) is 0. The van der Waals surface area contributed by atoms with Crippen LogP contribution in [0.25, 0.3) is 0 Å². The van der Waals surface area contributed by atoms with E-state index in [9.17, 15) is 22.8 Å². The first-order valence-electron chi connectivity index (χ1n) is 5.25. The van der Waals surface area contributed by atoms with Crippen molar-refractivity contribution < 1.29 is 32.2 Å². The predicted molar refractivity (Wildman–Crippen MR) is 63.2 cm³/mol. The molecule has 0 radical (unpaired) electrons. The first-order chi connectivity index (χ1) is 9.23. The van der Waals surface area contributed by atoms with Crippen LogP contribution in [-0.4, -0.2) is 26.2 Å². The van der Waals surface area contributed by atoms with Gasteiger partial charge in [-0.15, -0.1) is 0 Å². The predicted octanol–water partition coefficient (Wildman–Crippen LogP) is 2.79. The molecular formula is C12H10ClF3O4. The molecule has 20 heavy (non-hydrogen) atoms. The van der Waals surface area contributed by atoms with Gasteiger partial charge in [-0.25, -0.2) is 0 Å². The van der Waals surface area contributed by atoms with Crippen LogP contribution in [-0.2, 0) is 25.2 Å². The first kappa shape index (κ1) is 16.3. The van der Waals surface area contributed by atoms with Gasteiger partial charge in [0.15, 0.2) is 5.92 Å². The summed E-state index contributed by atoms with van der Waals surface area (Å²) in [6.07, 6.45) is -4.70. The van der Waals surface area contributed by atoms with E-state index in [1.165, 1.54) is 0 Å². The van der Waals surface area contributed by atoms with Crippen molar-refractivity contribution in [2.75, 3.05) is 14.2 Å². The van der Waals surface area contributed by atoms with Gasteiger partial charge in [-0.2, -0.15) is 13.2 Å². The maximum Gasteiger partial charge on any atom is 0.417 e. The Morgan fingerprint density at radius 2 is 1.65 bits per heavy atom. The van der Waals surface area contributed by atoms with Crippen LogP contribution in [0, 0.1) is 0 Å². The fraction of sp³-hybridized carbons (Fsp3) is 0.333. The minimum absolute atomic E-state index is 0.319. The Hall–Kier alpha value is -1.76. The number of ether oxygens (including phenoxy) is 2. The van der Waals surface area contributed by atoms with E-state index in [2.05, 4.69) is 9.47 Å². The molecule has 0 amide bonds. The zero-order valence-electron chi connectivity index (χ0n) is 10.5. The lowest BCUT2D eigenvalue weighted by Crippen LogP contribution is -2.25. The van der Waals surface area contributed by atoms with E-state index in [0.29, 0.717) is 0 Å². The molecule has 0 unspecified atom stereocenters. The molecule has 8 heteroatoms. The zero-order valence-corrected chi connectivity index (χ0v) is 11.2. The van der Waals surface area contributed by atoms with E-state index in [1.807, 2.05) is 0 Å². The Kier molecular flexibility index (Phi) is 4.99. The fourth-order valence-electron chi connectivity index (χ4n) is 1.58. The summed E-state index contributed by atoms with van der Waals surface area (Å²) in [4.78, 5) is 23.1. The molecule has 0 atom stereocenters. The third-order valence-electron chi connectivity index (χ3n) is 2.52. The smallest absolute Gasteiger partial charge is 0.417 e. The molecule has 4 nitrogen and oxygen atoms in total. The maximum atomic E-state index is 12.7. The number of carbonyl (C=O) groups excluding carboxylic acids is 2. The second-order valence-electron chi connectivity index (χ2n) is 3.69. The van der Waals surface area contributed by atoms with E-state index in [0.717, 1.165) is 32.4 Å². The van der Waals surface area contributed by atoms with Gasteiger partial charge in [0, 0.05) is 0 Å². The molecule has 1 aromatic rings. The summed E-state index contributed by atoms with van der Waals surface area (Å²) in [6, 6.07) is 2.93. The molecule has 0 saturated carbocycles. The lowest BCUT2D eigenvalue weighted by Gasteiger charge is -2.17. The van der Waals surface area contributed by atoms with Gasteiger partial charge in [-0.05, 0) is 11.6 Å². The highest BCUT2D eigenvalue weighted by Gasteiger charge is 2.38. The number of hydrogen-bond acceptors (Lipinski definition) is 4. The quantitative estimate of drug-likeness (QED) is 0.636. The second-order valence-corrected chi connectivity index (χ2v) is 4.06. The van der Waals surface area contributed by atoms with E-state index in [4.69, 9.17) is 11.6 Å². The lowest BCUT2D eigenvalue weighted by atomic mass is 9.97. The van der Waals surface area contributed by atoms with Crippen LogP contribution in [0.4, 0.5) is 13.2 Å². The van der Waals surface area contributed by atoms with Crippen molar-refractivity contribution in [3.63, 3.8) is 0 Å². The van der Waals surface area contributed by atoms with Crippen molar-refractivity contribution in [1.82, 2.24) is 0 Å². The van der Waals surface area contributed by atoms with Crippen molar-refractivity contribution in [3.05, 3.63) is 34.3 Å². The summed E-state index contributed by atoms with van der Waals surface area (Å²) in [5.41, 5.74) is -1.46. The molecule has 0 N–H and O–H groups in total. The van der Waals surface area contributed by atoms with Gasteiger partial charge in [0.05, 0.1) is 24.8 Å². The highest BCUT2D eigenvalue weighted by molar-refractivity contribution is 6.33. The number of halogens is 4. The van der Waals surface area contributed by atoms with Gasteiger partial charge >= 0.3 is 18.1 Å². The number of esters is 2. The Morgan fingerprint density at radius 1 is 1.15 bits per heavy atom. The maximum absolute atomic E-state index is 12.7. The molecule has 110 valence electrons. The molecule has 1 aromatic carbocycles. The molecular weight excluding hydrogens is 301 g/mol. The fourth-order valence-corrected chi connectivity index (χ4v) is 1.92. The minimum Gasteiger partial charge on any atom is -0.468 e. The number of rotatable bonds is 3. The van der Waals surface area contributed by atoms with Crippen molar-refractivity contribution in [3.8, 4) is 0 Å². The van der Waals surface area contributed by atoms with Crippen LogP contribution < -0.4 is 0 Å². The van der Waals surface area contributed by atoms with Gasteiger partial charge in [0.1, 0.15) is 0 Å². The lowest BCUT2D eigenvalue weighted by molar-refractivity contribution is -0.154. The van der Waals surface area contributed by atoms with Crippen LogP contribution in [0.2, 0.25) is 5.02 Å². The first-order valence-corrected chi connectivity index (χ1v) is 5.63. The average Bonchev–Trinajstić information content (AvgIpc) is 2.38. The van der Waals surface area contributed by atoms with Gasteiger partial charge in [-0.1, -0.05) is 23.7 Å². The summed E-state index contributed by atoms with van der Waals surface area (Å²) in [5.74, 6) is -3.78. The molecule has 0 aliphatic carbocycles. The molecule has 0 bridgehead atoms. The molecule has 0 saturated heterocycles. The largest absolute Gasteiger partial charge is 0.468 e.